The Morgan fingerprint density at radius 2 is 2.00 bits per heavy atom. The van der Waals surface area contributed by atoms with Crippen molar-refractivity contribution in [2.45, 2.75) is 19.8 Å². The van der Waals surface area contributed by atoms with E-state index >= 15 is 0 Å². The molecule has 1 aliphatic rings. The first-order valence-corrected chi connectivity index (χ1v) is 8.25. The van der Waals surface area contributed by atoms with E-state index in [1.54, 1.807) is 24.3 Å². The van der Waals surface area contributed by atoms with Crippen molar-refractivity contribution in [3.63, 3.8) is 0 Å². The molecule has 6 heteroatoms. The Bertz CT molecular complexity index is 833. The van der Waals surface area contributed by atoms with Crippen LogP contribution in [0.25, 0.3) is 0 Å². The van der Waals surface area contributed by atoms with E-state index in [1.807, 2.05) is 0 Å². The number of hydrogen-bond donors (Lipinski definition) is 1. The van der Waals surface area contributed by atoms with Crippen molar-refractivity contribution in [2.75, 3.05) is 0 Å². The van der Waals surface area contributed by atoms with Crippen LogP contribution in [0, 0.1) is 5.92 Å². The quantitative estimate of drug-likeness (QED) is 0.613. The molecule has 0 aliphatic heterocycles. The number of halogens is 2. The van der Waals surface area contributed by atoms with Gasteiger partial charge in [0.1, 0.15) is 5.75 Å². The molecule has 1 aliphatic carbocycles. The Morgan fingerprint density at radius 3 is 2.75 bits per heavy atom. The first-order chi connectivity index (χ1) is 11.4. The van der Waals surface area contributed by atoms with Crippen LogP contribution in [0.4, 0.5) is 0 Å². The second-order valence-corrected chi connectivity index (χ2v) is 6.74. The van der Waals surface area contributed by atoms with Crippen molar-refractivity contribution in [3.8, 4) is 5.75 Å². The standard InChI is InChI=1S/C18H15Cl2NO3/c1-10-6-11-8-13(22)3-5-14(11)17(7-10)21-24-18(23)15-4-2-12(19)9-16(15)20/h2-5,8-10,22H,6-7H2,1H3/b21-17-/t10-/m1/s1. The van der Waals surface area contributed by atoms with Crippen molar-refractivity contribution in [1.29, 1.82) is 0 Å². The van der Waals surface area contributed by atoms with Crippen molar-refractivity contribution in [2.24, 2.45) is 11.1 Å². The number of oxime groups is 1. The van der Waals surface area contributed by atoms with Crippen LogP contribution in [0.2, 0.25) is 10.0 Å². The number of aromatic hydroxyl groups is 1. The van der Waals surface area contributed by atoms with Gasteiger partial charge >= 0.3 is 5.97 Å². The lowest BCUT2D eigenvalue weighted by Gasteiger charge is -2.22. The van der Waals surface area contributed by atoms with E-state index in [0.29, 0.717) is 23.1 Å². The number of phenolic OH excluding ortho intramolecular Hbond substituents is 1. The van der Waals surface area contributed by atoms with E-state index in [-0.39, 0.29) is 16.3 Å². The third kappa shape index (κ3) is 3.55. The molecule has 0 saturated carbocycles. The maximum atomic E-state index is 12.2. The average Bonchev–Trinajstić information content (AvgIpc) is 2.51. The monoisotopic (exact) mass is 363 g/mol. The Labute approximate surface area is 149 Å². The van der Waals surface area contributed by atoms with E-state index in [1.165, 1.54) is 12.1 Å². The predicted molar refractivity (Wildman–Crippen MR) is 94.0 cm³/mol. The lowest BCUT2D eigenvalue weighted by Crippen LogP contribution is -2.19. The summed E-state index contributed by atoms with van der Waals surface area (Å²) in [5, 5.41) is 14.3. The molecule has 0 amide bonds. The van der Waals surface area contributed by atoms with Crippen molar-refractivity contribution in [3.05, 3.63) is 63.1 Å². The fourth-order valence-corrected chi connectivity index (χ4v) is 3.29. The first-order valence-electron chi connectivity index (χ1n) is 7.49. The van der Waals surface area contributed by atoms with Gasteiger partial charge < -0.3 is 9.94 Å². The molecule has 4 nitrogen and oxygen atoms in total. The van der Waals surface area contributed by atoms with Crippen LogP contribution in [0.1, 0.15) is 34.8 Å². The van der Waals surface area contributed by atoms with E-state index in [9.17, 15) is 9.90 Å². The smallest absolute Gasteiger partial charge is 0.367 e. The second-order valence-electron chi connectivity index (χ2n) is 5.90. The first kappa shape index (κ1) is 16.8. The summed E-state index contributed by atoms with van der Waals surface area (Å²) in [5.74, 6) is -0.0780. The second kappa shape index (κ2) is 6.83. The molecule has 0 spiro atoms. The Kier molecular flexibility index (Phi) is 4.78. The zero-order valence-corrected chi connectivity index (χ0v) is 14.4. The van der Waals surface area contributed by atoms with Gasteiger partial charge in [0.15, 0.2) is 0 Å². The normalized spacial score (nSPS) is 18.3. The summed E-state index contributed by atoms with van der Waals surface area (Å²) in [6.45, 7) is 2.08. The van der Waals surface area contributed by atoms with Gasteiger partial charge in [-0.15, -0.1) is 0 Å². The summed E-state index contributed by atoms with van der Waals surface area (Å²) in [7, 11) is 0. The van der Waals surface area contributed by atoms with Gasteiger partial charge in [0.2, 0.25) is 0 Å². The molecular formula is C18H15Cl2NO3. The minimum atomic E-state index is -0.636. The topological polar surface area (TPSA) is 58.9 Å². The summed E-state index contributed by atoms with van der Waals surface area (Å²) in [4.78, 5) is 17.3. The summed E-state index contributed by atoms with van der Waals surface area (Å²) < 4.78 is 0. The maximum Gasteiger partial charge on any atom is 0.367 e. The summed E-state index contributed by atoms with van der Waals surface area (Å²) >= 11 is 11.8. The zero-order chi connectivity index (χ0) is 17.3. The number of benzene rings is 2. The molecule has 2 aromatic rings. The summed E-state index contributed by atoms with van der Waals surface area (Å²) in [6, 6.07) is 9.66. The molecule has 2 aromatic carbocycles. The zero-order valence-electron chi connectivity index (χ0n) is 12.9. The molecule has 0 radical (unpaired) electrons. The van der Waals surface area contributed by atoms with Crippen LogP contribution in [-0.4, -0.2) is 16.8 Å². The lowest BCUT2D eigenvalue weighted by atomic mass is 9.83. The molecule has 0 unspecified atom stereocenters. The van der Waals surface area contributed by atoms with Gasteiger partial charge in [-0.25, -0.2) is 4.79 Å². The van der Waals surface area contributed by atoms with E-state index < -0.39 is 5.97 Å². The molecule has 1 atom stereocenters. The van der Waals surface area contributed by atoms with Crippen LogP contribution in [0.15, 0.2) is 41.6 Å². The van der Waals surface area contributed by atoms with Crippen LogP contribution < -0.4 is 0 Å². The van der Waals surface area contributed by atoms with Crippen molar-refractivity contribution in [1.82, 2.24) is 0 Å². The SMILES string of the molecule is C[C@H]1C/C(=N/OC(=O)c2ccc(Cl)cc2Cl)c2ccc(O)cc2C1. The van der Waals surface area contributed by atoms with Crippen molar-refractivity contribution < 1.29 is 14.7 Å². The van der Waals surface area contributed by atoms with Crippen LogP contribution in [-0.2, 0) is 11.3 Å². The summed E-state index contributed by atoms with van der Waals surface area (Å²) in [5.41, 5.74) is 2.77. The van der Waals surface area contributed by atoms with Gasteiger partial charge in [0.25, 0.3) is 0 Å². The molecule has 0 bridgehead atoms. The molecule has 0 heterocycles. The Morgan fingerprint density at radius 1 is 1.21 bits per heavy atom. The van der Waals surface area contributed by atoms with Gasteiger partial charge in [0.05, 0.1) is 16.3 Å². The highest BCUT2D eigenvalue weighted by atomic mass is 35.5. The highest BCUT2D eigenvalue weighted by molar-refractivity contribution is 6.36. The van der Waals surface area contributed by atoms with Crippen LogP contribution in [0.5, 0.6) is 5.75 Å². The third-order valence-electron chi connectivity index (χ3n) is 3.90. The van der Waals surface area contributed by atoms with E-state index in [4.69, 9.17) is 28.0 Å². The molecule has 0 saturated heterocycles. The number of phenols is 1. The molecule has 3 rings (SSSR count). The number of hydrogen-bond acceptors (Lipinski definition) is 4. The number of carbonyl (C=O) groups excluding carboxylic acids is 1. The molecule has 0 aromatic heterocycles. The largest absolute Gasteiger partial charge is 0.508 e. The Balaban J connectivity index is 1.85. The van der Waals surface area contributed by atoms with Crippen molar-refractivity contribution >= 4 is 34.9 Å². The highest BCUT2D eigenvalue weighted by Gasteiger charge is 2.22. The fourth-order valence-electron chi connectivity index (χ4n) is 2.81. The minimum absolute atomic E-state index is 0.209. The molecule has 0 fully saturated rings. The molecule has 1 N–H and O–H groups in total. The van der Waals surface area contributed by atoms with E-state index in [2.05, 4.69) is 12.1 Å². The fraction of sp³-hybridized carbons (Fsp3) is 0.222. The number of carbonyl (C=O) groups is 1. The lowest BCUT2D eigenvalue weighted by molar-refractivity contribution is 0.0515. The van der Waals surface area contributed by atoms with Gasteiger partial charge in [-0.3, -0.25) is 0 Å². The third-order valence-corrected chi connectivity index (χ3v) is 4.45. The summed E-state index contributed by atoms with van der Waals surface area (Å²) in [6.07, 6.45) is 1.54. The van der Waals surface area contributed by atoms with E-state index in [0.717, 1.165) is 17.5 Å². The predicted octanol–water partition coefficient (Wildman–Crippen LogP) is 4.84. The number of rotatable bonds is 2. The van der Waals surface area contributed by atoms with Crippen LogP contribution >= 0.6 is 23.2 Å². The van der Waals surface area contributed by atoms with Crippen LogP contribution in [0.3, 0.4) is 0 Å². The average molecular weight is 364 g/mol. The number of nitrogens with zero attached hydrogens (tertiary/aromatic N) is 1. The minimum Gasteiger partial charge on any atom is -0.508 e. The van der Waals surface area contributed by atoms with Gasteiger partial charge in [-0.2, -0.15) is 0 Å². The van der Waals surface area contributed by atoms with Gasteiger partial charge in [0, 0.05) is 10.6 Å². The highest BCUT2D eigenvalue weighted by Crippen LogP contribution is 2.29. The molecular weight excluding hydrogens is 349 g/mol. The van der Waals surface area contributed by atoms with Gasteiger partial charge in [-0.1, -0.05) is 35.3 Å². The number of fused-ring (bicyclic) bond motifs is 1. The molecule has 24 heavy (non-hydrogen) atoms. The molecule has 124 valence electrons. The van der Waals surface area contributed by atoms with Gasteiger partial charge in [-0.05, 0) is 60.7 Å². The Hall–Kier alpha value is -2.04. The maximum absolute atomic E-state index is 12.2.